The molecule has 0 saturated carbocycles. The van der Waals surface area contributed by atoms with Crippen molar-refractivity contribution < 1.29 is 4.74 Å². The lowest BCUT2D eigenvalue weighted by atomic mass is 9.96. The normalized spacial score (nSPS) is 16.0. The fourth-order valence-corrected chi connectivity index (χ4v) is 1.32. The summed E-state index contributed by atoms with van der Waals surface area (Å²) in [6.45, 7) is 8.15. The zero-order valence-electron chi connectivity index (χ0n) is 8.68. The fraction of sp³-hybridized carbons (Fsp3) is 1.00. The van der Waals surface area contributed by atoms with Crippen LogP contribution < -0.4 is 5.73 Å². The highest BCUT2D eigenvalue weighted by Gasteiger charge is 2.10. The number of ether oxygens (including phenoxy) is 1. The van der Waals surface area contributed by atoms with Crippen molar-refractivity contribution in [3.63, 3.8) is 0 Å². The molecule has 0 heterocycles. The van der Waals surface area contributed by atoms with Crippen molar-refractivity contribution in [2.75, 3.05) is 13.2 Å². The van der Waals surface area contributed by atoms with Gasteiger partial charge >= 0.3 is 0 Å². The van der Waals surface area contributed by atoms with Gasteiger partial charge in [0.25, 0.3) is 0 Å². The second-order valence-electron chi connectivity index (χ2n) is 3.43. The maximum Gasteiger partial charge on any atom is 0.0469 e. The molecule has 0 amide bonds. The third kappa shape index (κ3) is 5.56. The van der Waals surface area contributed by atoms with Crippen LogP contribution in [0.25, 0.3) is 0 Å². The summed E-state index contributed by atoms with van der Waals surface area (Å²) >= 11 is 0. The lowest BCUT2D eigenvalue weighted by Gasteiger charge is -2.18. The van der Waals surface area contributed by atoms with Crippen molar-refractivity contribution in [3.8, 4) is 0 Å². The number of hydrogen-bond donors (Lipinski definition) is 1. The molecule has 0 bridgehead atoms. The van der Waals surface area contributed by atoms with Gasteiger partial charge in [0, 0.05) is 19.3 Å². The minimum absolute atomic E-state index is 0.306. The molecule has 0 radical (unpaired) electrons. The van der Waals surface area contributed by atoms with E-state index in [1.807, 2.05) is 0 Å². The summed E-state index contributed by atoms with van der Waals surface area (Å²) in [6.07, 6.45) is 3.37. The van der Waals surface area contributed by atoms with Crippen molar-refractivity contribution in [2.24, 2.45) is 11.7 Å². The van der Waals surface area contributed by atoms with Crippen LogP contribution >= 0.6 is 0 Å². The van der Waals surface area contributed by atoms with E-state index < -0.39 is 0 Å². The second-order valence-corrected chi connectivity index (χ2v) is 3.43. The molecule has 2 N–H and O–H groups in total. The Bertz CT molecular complexity index is 93.8. The average molecular weight is 173 g/mol. The summed E-state index contributed by atoms with van der Waals surface area (Å²) in [4.78, 5) is 0. The molecule has 2 atom stereocenters. The van der Waals surface area contributed by atoms with Crippen molar-refractivity contribution in [1.82, 2.24) is 0 Å². The zero-order chi connectivity index (χ0) is 9.40. The quantitative estimate of drug-likeness (QED) is 0.599. The van der Waals surface area contributed by atoms with E-state index in [1.54, 1.807) is 0 Å². The standard InChI is InChI=1S/C10H23NO/c1-4-7-12-8-6-10(5-2)9(3)11/h9-10H,4-8,11H2,1-3H3. The first-order valence-corrected chi connectivity index (χ1v) is 5.05. The molecule has 0 spiro atoms. The summed E-state index contributed by atoms with van der Waals surface area (Å²) in [7, 11) is 0. The zero-order valence-corrected chi connectivity index (χ0v) is 8.68. The first-order chi connectivity index (χ1) is 5.72. The van der Waals surface area contributed by atoms with Crippen LogP contribution in [-0.4, -0.2) is 19.3 Å². The van der Waals surface area contributed by atoms with Gasteiger partial charge < -0.3 is 10.5 Å². The maximum atomic E-state index is 5.81. The molecular formula is C10H23NO. The van der Waals surface area contributed by atoms with Crippen molar-refractivity contribution in [1.29, 1.82) is 0 Å². The van der Waals surface area contributed by atoms with E-state index in [9.17, 15) is 0 Å². The summed E-state index contributed by atoms with van der Waals surface area (Å²) in [5.41, 5.74) is 5.81. The van der Waals surface area contributed by atoms with Gasteiger partial charge in [-0.25, -0.2) is 0 Å². The van der Waals surface area contributed by atoms with E-state index in [0.29, 0.717) is 12.0 Å². The third-order valence-electron chi connectivity index (χ3n) is 2.25. The van der Waals surface area contributed by atoms with Crippen LogP contribution in [0.4, 0.5) is 0 Å². The van der Waals surface area contributed by atoms with E-state index in [4.69, 9.17) is 10.5 Å². The molecule has 2 unspecified atom stereocenters. The Morgan fingerprint density at radius 3 is 2.33 bits per heavy atom. The van der Waals surface area contributed by atoms with Gasteiger partial charge in [0.15, 0.2) is 0 Å². The van der Waals surface area contributed by atoms with Gasteiger partial charge in [-0.2, -0.15) is 0 Å². The Labute approximate surface area is 76.5 Å². The van der Waals surface area contributed by atoms with Crippen molar-refractivity contribution in [3.05, 3.63) is 0 Å². The first kappa shape index (κ1) is 11.9. The van der Waals surface area contributed by atoms with Crippen molar-refractivity contribution in [2.45, 2.75) is 46.1 Å². The lowest BCUT2D eigenvalue weighted by molar-refractivity contribution is 0.117. The van der Waals surface area contributed by atoms with E-state index in [0.717, 1.165) is 32.5 Å². The molecular weight excluding hydrogens is 150 g/mol. The smallest absolute Gasteiger partial charge is 0.0469 e. The number of hydrogen-bond acceptors (Lipinski definition) is 2. The Balaban J connectivity index is 3.32. The molecule has 0 aromatic carbocycles. The van der Waals surface area contributed by atoms with Gasteiger partial charge in [-0.1, -0.05) is 20.3 Å². The number of rotatable bonds is 7. The predicted molar refractivity (Wildman–Crippen MR) is 53.2 cm³/mol. The van der Waals surface area contributed by atoms with Gasteiger partial charge in [0.2, 0.25) is 0 Å². The topological polar surface area (TPSA) is 35.2 Å². The van der Waals surface area contributed by atoms with Crippen LogP contribution in [0.5, 0.6) is 0 Å². The van der Waals surface area contributed by atoms with Crippen LogP contribution in [0.3, 0.4) is 0 Å². The second kappa shape index (κ2) is 7.56. The van der Waals surface area contributed by atoms with Crippen LogP contribution in [0.2, 0.25) is 0 Å². The molecule has 0 aliphatic heterocycles. The molecule has 0 aliphatic carbocycles. The Morgan fingerprint density at radius 2 is 1.92 bits per heavy atom. The molecule has 0 saturated heterocycles. The molecule has 0 rings (SSSR count). The highest BCUT2D eigenvalue weighted by atomic mass is 16.5. The summed E-state index contributed by atoms with van der Waals surface area (Å²) in [5.74, 6) is 0.627. The SMILES string of the molecule is CCCOCCC(CC)C(C)N. The highest BCUT2D eigenvalue weighted by Crippen LogP contribution is 2.11. The van der Waals surface area contributed by atoms with Crippen LogP contribution in [0.15, 0.2) is 0 Å². The molecule has 0 fully saturated rings. The molecule has 12 heavy (non-hydrogen) atoms. The monoisotopic (exact) mass is 173 g/mol. The summed E-state index contributed by atoms with van der Waals surface area (Å²) < 4.78 is 5.41. The van der Waals surface area contributed by atoms with E-state index in [-0.39, 0.29) is 0 Å². The van der Waals surface area contributed by atoms with E-state index in [2.05, 4.69) is 20.8 Å². The largest absolute Gasteiger partial charge is 0.381 e. The van der Waals surface area contributed by atoms with Gasteiger partial charge in [-0.15, -0.1) is 0 Å². The molecule has 0 aromatic heterocycles. The average Bonchev–Trinajstić information content (AvgIpc) is 2.04. The molecule has 0 aromatic rings. The highest BCUT2D eigenvalue weighted by molar-refractivity contribution is 4.66. The molecule has 0 aliphatic rings. The van der Waals surface area contributed by atoms with Crippen LogP contribution in [0, 0.1) is 5.92 Å². The minimum atomic E-state index is 0.306. The van der Waals surface area contributed by atoms with Crippen molar-refractivity contribution >= 4 is 0 Å². The van der Waals surface area contributed by atoms with Crippen LogP contribution in [-0.2, 0) is 4.74 Å². The Kier molecular flexibility index (Phi) is 7.51. The molecule has 74 valence electrons. The lowest BCUT2D eigenvalue weighted by Crippen LogP contribution is -2.27. The summed E-state index contributed by atoms with van der Waals surface area (Å²) in [5, 5.41) is 0. The van der Waals surface area contributed by atoms with Gasteiger partial charge in [0.1, 0.15) is 0 Å². The van der Waals surface area contributed by atoms with Crippen LogP contribution in [0.1, 0.15) is 40.0 Å². The van der Waals surface area contributed by atoms with Gasteiger partial charge in [0.05, 0.1) is 0 Å². The Morgan fingerprint density at radius 1 is 1.25 bits per heavy atom. The third-order valence-corrected chi connectivity index (χ3v) is 2.25. The van der Waals surface area contributed by atoms with Gasteiger partial charge in [-0.3, -0.25) is 0 Å². The molecule has 2 heteroatoms. The maximum absolute atomic E-state index is 5.81. The fourth-order valence-electron chi connectivity index (χ4n) is 1.32. The van der Waals surface area contributed by atoms with E-state index in [1.165, 1.54) is 0 Å². The van der Waals surface area contributed by atoms with Gasteiger partial charge in [-0.05, 0) is 25.7 Å². The first-order valence-electron chi connectivity index (χ1n) is 5.05. The Hall–Kier alpha value is -0.0800. The number of nitrogens with two attached hydrogens (primary N) is 1. The van der Waals surface area contributed by atoms with E-state index >= 15 is 0 Å². The molecule has 2 nitrogen and oxygen atoms in total. The predicted octanol–water partition coefficient (Wildman–Crippen LogP) is 2.18. The summed E-state index contributed by atoms with van der Waals surface area (Å²) in [6, 6.07) is 0.306. The minimum Gasteiger partial charge on any atom is -0.381 e.